The highest BCUT2D eigenvalue weighted by molar-refractivity contribution is 5.73. The number of aliphatic hydroxyl groups is 23. The van der Waals surface area contributed by atoms with Gasteiger partial charge in [-0.05, 0) is 0 Å². The lowest BCUT2D eigenvalue weighted by Crippen LogP contribution is -2.70. The molecule has 8 aliphatic rings. The van der Waals surface area contributed by atoms with Gasteiger partial charge in [0.25, 0.3) is 0 Å². The molecule has 0 saturated carbocycles. The summed E-state index contributed by atoms with van der Waals surface area (Å²) in [5, 5.41) is 256. The lowest BCUT2D eigenvalue weighted by Gasteiger charge is -2.51. The van der Waals surface area contributed by atoms with E-state index in [0.717, 1.165) is 13.8 Å². The molecule has 94 heavy (non-hydrogen) atoms. The van der Waals surface area contributed by atoms with Gasteiger partial charge in [0, 0.05) is 13.8 Å². The Morgan fingerprint density at radius 1 is 0.309 bits per heavy atom. The third-order valence-electron chi connectivity index (χ3n) is 17.4. The van der Waals surface area contributed by atoms with Gasteiger partial charge in [-0.1, -0.05) is 0 Å². The van der Waals surface area contributed by atoms with Crippen molar-refractivity contribution in [3.63, 3.8) is 0 Å². The molecule has 0 bridgehead atoms. The van der Waals surface area contributed by atoms with E-state index in [9.17, 15) is 127 Å². The summed E-state index contributed by atoms with van der Waals surface area (Å²) in [6.07, 6.45) is -75.3. The number of rotatable bonds is 24. The third kappa shape index (κ3) is 16.6. The lowest BCUT2D eigenvalue weighted by molar-refractivity contribution is -0.399. The molecule has 42 nitrogen and oxygen atoms in total. The summed E-state index contributed by atoms with van der Waals surface area (Å²) in [6.45, 7) is -6.42. The molecule has 25 N–H and O–H groups in total. The zero-order valence-corrected chi connectivity index (χ0v) is 50.1. The Balaban J connectivity index is 1.12. The molecule has 0 aromatic heterocycles. The molecule has 39 atom stereocenters. The summed E-state index contributed by atoms with van der Waals surface area (Å²) < 4.78 is 87.4. The van der Waals surface area contributed by atoms with E-state index >= 15 is 0 Å². The van der Waals surface area contributed by atoms with Gasteiger partial charge in [0.15, 0.2) is 44.0 Å². The molecule has 42 heteroatoms. The first-order valence-electron chi connectivity index (χ1n) is 30.0. The highest BCUT2D eigenvalue weighted by Gasteiger charge is 2.59. The Morgan fingerprint density at radius 2 is 0.628 bits per heavy atom. The quantitative estimate of drug-likeness (QED) is 0.0427. The number of aliphatic hydroxyl groups excluding tert-OH is 23. The predicted molar refractivity (Wildman–Crippen MR) is 286 cm³/mol. The average molecular weight is 1380 g/mol. The van der Waals surface area contributed by atoms with Gasteiger partial charge in [0.1, 0.15) is 189 Å². The van der Waals surface area contributed by atoms with Crippen molar-refractivity contribution >= 4 is 11.8 Å². The van der Waals surface area contributed by atoms with Gasteiger partial charge in [0.05, 0.1) is 65.5 Å². The number of amides is 2. The minimum atomic E-state index is -2.47. The number of hydrogen-bond acceptors (Lipinski definition) is 40. The first-order chi connectivity index (χ1) is 44.6. The third-order valence-corrected chi connectivity index (χ3v) is 17.4. The van der Waals surface area contributed by atoms with Gasteiger partial charge in [-0.25, -0.2) is 0 Å². The van der Waals surface area contributed by atoms with Crippen LogP contribution in [0.5, 0.6) is 0 Å². The van der Waals surface area contributed by atoms with Gasteiger partial charge in [-0.2, -0.15) is 0 Å². The molecular weight excluding hydrogens is 1290 g/mol. The molecule has 0 aliphatic carbocycles. The normalized spacial score (nSPS) is 50.4. The fourth-order valence-corrected chi connectivity index (χ4v) is 12.1. The van der Waals surface area contributed by atoms with E-state index in [-0.39, 0.29) is 6.61 Å². The van der Waals surface area contributed by atoms with E-state index in [4.69, 9.17) is 71.1 Å². The standard InChI is InChI=1S/C52H88N2O40/c1-12(62)53-14-10-80-21(9-61)40(24(14)64)89-46-23(54-13(2)63)41(29(69)19(7-59)82-46)90-50-39(79)43(92-52-45(35(75)28(68)18(6-58)87-52)94-49-37(77)33(73)26(66)16(4-56)85-49)31(71)22(88-50)11-81-47-38(78)42(30(70)20(8-60)83-47)91-51-44(34(74)27(67)17(5-57)86-51)93-48-36(76)32(72)25(65)15(3-55)84-48/h14-52,55-61,64-79H,3-11H2,1-2H3,(H,53,62)(H,54,63)/t14-,15+,16+,17+,18+,19+,20+,21+,22+,23+,24+,25+,26+,27+,28+,29+,30+,31+,32-,33-,34-,35-,36-,37-,38-,39-,40+,41+,42-,43-,44-,45-,46-,47-,48+,49+,50-,51+,52+/m0/s1. The minimum absolute atomic E-state index is 0.338. The van der Waals surface area contributed by atoms with Crippen molar-refractivity contribution in [3.05, 3.63) is 0 Å². The van der Waals surface area contributed by atoms with Crippen LogP contribution in [0.15, 0.2) is 0 Å². The molecule has 8 rings (SSSR count). The van der Waals surface area contributed by atoms with Crippen molar-refractivity contribution in [1.82, 2.24) is 10.6 Å². The molecule has 0 spiro atoms. The van der Waals surface area contributed by atoms with Crippen LogP contribution in [-0.2, 0) is 80.6 Å². The maximum atomic E-state index is 13.0. The lowest BCUT2D eigenvalue weighted by atomic mass is 9.94. The second kappa shape index (κ2) is 33.7. The van der Waals surface area contributed by atoms with Crippen molar-refractivity contribution < 1.29 is 198 Å². The SMILES string of the molecule is CC(=O)N[C@H]1[C@H](O[C@H]2[C@H](O)[C@@H](NC(C)=O)CO[C@@H]2CO)O[C@H](CO)[C@@H](O)[C@@H]1O[C@@H]1O[C@H](CO[C@H]2O[C@H](CO)[C@@H](O)[C@H](O[C@H]3O[C@H](CO)[C@@H](O)[C@H](O)[C@@H]3O[C@H]3O[C@H](CO)[C@@H](O)[C@H](O)[C@@H]3O)[C@@H]2O)[C@@H](O)[C@H](O[C@H]2O[C@H](CO)[C@@H](O)[C@H](O)[C@@H]2O[C@H]2O[C@H](CO)[C@@H](O)[C@H](O)[C@@H]2O)[C@@H]1O. The first kappa shape index (κ1) is 77.2. The van der Waals surface area contributed by atoms with E-state index < -0.39 is 304 Å². The van der Waals surface area contributed by atoms with Gasteiger partial charge < -0.3 is 199 Å². The summed E-state index contributed by atoms with van der Waals surface area (Å²) in [6, 6.07) is -3.01. The van der Waals surface area contributed by atoms with Crippen molar-refractivity contribution in [2.45, 2.75) is 253 Å². The Bertz CT molecular complexity index is 2350. The van der Waals surface area contributed by atoms with Gasteiger partial charge >= 0.3 is 0 Å². The Hall–Kier alpha value is -2.58. The summed E-state index contributed by atoms with van der Waals surface area (Å²) in [5.74, 6) is -1.52. The summed E-state index contributed by atoms with van der Waals surface area (Å²) in [7, 11) is 0. The number of nitrogens with one attached hydrogen (secondary N) is 2. The van der Waals surface area contributed by atoms with Crippen LogP contribution in [0.1, 0.15) is 13.8 Å². The number of ether oxygens (including phenoxy) is 15. The molecule has 0 aromatic carbocycles. The monoisotopic (exact) mass is 1380 g/mol. The first-order valence-corrected chi connectivity index (χ1v) is 30.0. The van der Waals surface area contributed by atoms with Crippen LogP contribution in [0, 0.1) is 0 Å². The molecule has 0 unspecified atom stereocenters. The fraction of sp³-hybridized carbons (Fsp3) is 0.962. The second-order valence-corrected chi connectivity index (χ2v) is 23.8. The molecular formula is C52H88N2O40. The topological polar surface area (TPSA) is 662 Å². The summed E-state index contributed by atoms with van der Waals surface area (Å²) >= 11 is 0. The summed E-state index contributed by atoms with van der Waals surface area (Å²) in [4.78, 5) is 25.1. The minimum Gasteiger partial charge on any atom is -0.394 e. The molecule has 8 saturated heterocycles. The van der Waals surface area contributed by atoms with Crippen molar-refractivity contribution in [3.8, 4) is 0 Å². The van der Waals surface area contributed by atoms with Gasteiger partial charge in [0.2, 0.25) is 11.8 Å². The molecule has 8 heterocycles. The van der Waals surface area contributed by atoms with Gasteiger partial charge in [-0.15, -0.1) is 0 Å². The Labute approximate surface area is 532 Å². The number of carbonyl (C=O) groups excluding carboxylic acids is 2. The van der Waals surface area contributed by atoms with E-state index in [1.807, 2.05) is 0 Å². The van der Waals surface area contributed by atoms with E-state index in [2.05, 4.69) is 10.6 Å². The molecule has 8 aliphatic heterocycles. The van der Waals surface area contributed by atoms with Crippen LogP contribution in [0.4, 0.5) is 0 Å². The molecule has 546 valence electrons. The smallest absolute Gasteiger partial charge is 0.217 e. The van der Waals surface area contributed by atoms with Crippen molar-refractivity contribution in [2.75, 3.05) is 59.5 Å². The van der Waals surface area contributed by atoms with Crippen molar-refractivity contribution in [2.24, 2.45) is 0 Å². The maximum absolute atomic E-state index is 13.0. The van der Waals surface area contributed by atoms with Crippen LogP contribution < -0.4 is 10.6 Å². The van der Waals surface area contributed by atoms with Crippen LogP contribution >= 0.6 is 0 Å². The van der Waals surface area contributed by atoms with Crippen LogP contribution in [0.3, 0.4) is 0 Å². The largest absolute Gasteiger partial charge is 0.394 e. The zero-order valence-electron chi connectivity index (χ0n) is 50.1. The molecule has 2 amide bonds. The zero-order chi connectivity index (χ0) is 69.1. The van der Waals surface area contributed by atoms with Crippen molar-refractivity contribution in [1.29, 1.82) is 0 Å². The van der Waals surface area contributed by atoms with Gasteiger partial charge in [-0.3, -0.25) is 9.59 Å². The van der Waals surface area contributed by atoms with E-state index in [1.165, 1.54) is 0 Å². The second-order valence-electron chi connectivity index (χ2n) is 23.8. The summed E-state index contributed by atoms with van der Waals surface area (Å²) in [5.41, 5.74) is 0. The predicted octanol–water partition coefficient (Wildman–Crippen LogP) is -17.5. The molecule has 0 aromatic rings. The molecule has 0 radical (unpaired) electrons. The van der Waals surface area contributed by atoms with Crippen LogP contribution in [0.2, 0.25) is 0 Å². The Kier molecular flexibility index (Phi) is 27.7. The fourth-order valence-electron chi connectivity index (χ4n) is 12.1. The maximum Gasteiger partial charge on any atom is 0.217 e. The highest BCUT2D eigenvalue weighted by Crippen LogP contribution is 2.39. The van der Waals surface area contributed by atoms with Crippen LogP contribution in [-0.4, -0.2) is 428 Å². The van der Waals surface area contributed by atoms with E-state index in [0.29, 0.717) is 0 Å². The molecule has 8 fully saturated rings. The Morgan fingerprint density at radius 3 is 1.06 bits per heavy atom. The highest BCUT2D eigenvalue weighted by atomic mass is 16.8. The number of hydrogen-bond donors (Lipinski definition) is 25. The average Bonchev–Trinajstić information content (AvgIpc) is 0.782. The van der Waals surface area contributed by atoms with Crippen LogP contribution in [0.25, 0.3) is 0 Å². The number of carbonyl (C=O) groups is 2. The van der Waals surface area contributed by atoms with E-state index in [1.54, 1.807) is 0 Å².